The van der Waals surface area contributed by atoms with E-state index in [-0.39, 0.29) is 30.6 Å². The second-order valence-corrected chi connectivity index (χ2v) is 5.01. The molecule has 1 aliphatic rings. The van der Waals surface area contributed by atoms with Gasteiger partial charge in [0.2, 0.25) is 11.8 Å². The van der Waals surface area contributed by atoms with Crippen molar-refractivity contribution in [1.82, 2.24) is 20.4 Å². The minimum atomic E-state index is -0.0272. The normalized spacial score (nSPS) is 15.1. The number of amides is 2. The highest BCUT2D eigenvalue weighted by molar-refractivity contribution is 5.85. The molecule has 0 aliphatic carbocycles. The lowest BCUT2D eigenvalue weighted by molar-refractivity contribution is -0.133. The zero-order valence-corrected chi connectivity index (χ0v) is 14.0. The van der Waals surface area contributed by atoms with Gasteiger partial charge in [0.1, 0.15) is 0 Å². The van der Waals surface area contributed by atoms with Crippen molar-refractivity contribution in [3.8, 4) is 0 Å². The Labute approximate surface area is 134 Å². The van der Waals surface area contributed by atoms with Crippen molar-refractivity contribution in [3.63, 3.8) is 0 Å². The molecule has 2 N–H and O–H groups in total. The highest BCUT2D eigenvalue weighted by Crippen LogP contribution is 1.98. The van der Waals surface area contributed by atoms with Crippen LogP contribution in [0.3, 0.4) is 0 Å². The number of rotatable bonds is 8. The first-order valence-corrected chi connectivity index (χ1v) is 7.64. The van der Waals surface area contributed by atoms with Gasteiger partial charge in [0.15, 0.2) is 0 Å². The molecule has 0 atom stereocenters. The van der Waals surface area contributed by atoms with Gasteiger partial charge in [0.05, 0.1) is 0 Å². The van der Waals surface area contributed by atoms with E-state index in [1.165, 1.54) is 0 Å². The topological polar surface area (TPSA) is 64.7 Å². The third kappa shape index (κ3) is 8.24. The fraction of sp³-hybridized carbons (Fsp3) is 0.857. The first kappa shape index (κ1) is 20.1. The van der Waals surface area contributed by atoms with Crippen molar-refractivity contribution < 1.29 is 9.59 Å². The van der Waals surface area contributed by atoms with Crippen LogP contribution in [0.25, 0.3) is 0 Å². The summed E-state index contributed by atoms with van der Waals surface area (Å²) in [7, 11) is 0. The Hall–Kier alpha value is -0.850. The zero-order chi connectivity index (χ0) is 14.8. The van der Waals surface area contributed by atoms with E-state index in [0.717, 1.165) is 32.7 Å². The van der Waals surface area contributed by atoms with Crippen LogP contribution < -0.4 is 10.6 Å². The van der Waals surface area contributed by atoms with E-state index in [0.29, 0.717) is 26.1 Å². The van der Waals surface area contributed by atoms with E-state index in [2.05, 4.69) is 15.5 Å². The molecule has 0 saturated carbocycles. The lowest BCUT2D eigenvalue weighted by Crippen LogP contribution is -2.46. The Balaban J connectivity index is 0.00000400. The number of carbonyl (C=O) groups excluding carboxylic acids is 2. The number of nitrogens with zero attached hydrogens (tertiary/aromatic N) is 2. The maximum absolute atomic E-state index is 11.8. The third-order valence-electron chi connectivity index (χ3n) is 3.64. The highest BCUT2D eigenvalue weighted by atomic mass is 35.5. The molecule has 6 nitrogen and oxygen atoms in total. The monoisotopic (exact) mass is 320 g/mol. The Morgan fingerprint density at radius 3 is 2.33 bits per heavy atom. The van der Waals surface area contributed by atoms with Crippen molar-refractivity contribution in [2.45, 2.75) is 26.7 Å². The van der Waals surface area contributed by atoms with Gasteiger partial charge in [-0.05, 0) is 13.8 Å². The number of nitrogens with one attached hydrogen (secondary N) is 2. The van der Waals surface area contributed by atoms with Crippen LogP contribution in [0.1, 0.15) is 26.7 Å². The second kappa shape index (κ2) is 11.8. The van der Waals surface area contributed by atoms with Gasteiger partial charge in [-0.25, -0.2) is 0 Å². The Morgan fingerprint density at radius 1 is 1.14 bits per heavy atom. The van der Waals surface area contributed by atoms with Crippen LogP contribution in [0.15, 0.2) is 0 Å². The average Bonchev–Trinajstić information content (AvgIpc) is 2.47. The predicted octanol–water partition coefficient (Wildman–Crippen LogP) is 0.0782. The molecule has 0 aromatic rings. The molecular formula is C14H29ClN4O2. The molecule has 124 valence electrons. The van der Waals surface area contributed by atoms with Gasteiger partial charge >= 0.3 is 0 Å². The smallest absolute Gasteiger partial charge is 0.223 e. The van der Waals surface area contributed by atoms with Gasteiger partial charge in [-0.15, -0.1) is 12.4 Å². The molecule has 0 radical (unpaired) electrons. The number of hydrogen-bond acceptors (Lipinski definition) is 4. The predicted molar refractivity (Wildman–Crippen MR) is 86.7 cm³/mol. The first-order chi connectivity index (χ1) is 9.67. The van der Waals surface area contributed by atoms with Gasteiger partial charge < -0.3 is 15.5 Å². The number of carbonyl (C=O) groups is 2. The molecule has 1 fully saturated rings. The lowest BCUT2D eigenvalue weighted by atomic mass is 10.2. The molecule has 2 amide bonds. The summed E-state index contributed by atoms with van der Waals surface area (Å²) in [6.07, 6.45) is 0.595. The van der Waals surface area contributed by atoms with Gasteiger partial charge in [-0.1, -0.05) is 0 Å². The summed E-state index contributed by atoms with van der Waals surface area (Å²) in [5.41, 5.74) is 0. The minimum Gasteiger partial charge on any atom is -0.355 e. The van der Waals surface area contributed by atoms with E-state index in [4.69, 9.17) is 0 Å². The van der Waals surface area contributed by atoms with Gasteiger partial charge in [-0.2, -0.15) is 0 Å². The van der Waals surface area contributed by atoms with Crippen molar-refractivity contribution in [3.05, 3.63) is 0 Å². The summed E-state index contributed by atoms with van der Waals surface area (Å²) in [5.74, 6) is 0.0351. The summed E-state index contributed by atoms with van der Waals surface area (Å²) in [6.45, 7) is 11.0. The fourth-order valence-electron chi connectivity index (χ4n) is 2.33. The molecule has 0 aromatic carbocycles. The summed E-state index contributed by atoms with van der Waals surface area (Å²) < 4.78 is 0. The Kier molecular flexibility index (Phi) is 11.3. The molecule has 21 heavy (non-hydrogen) atoms. The molecular weight excluding hydrogens is 292 g/mol. The van der Waals surface area contributed by atoms with Gasteiger partial charge in [-0.3, -0.25) is 14.5 Å². The molecule has 0 aromatic heterocycles. The van der Waals surface area contributed by atoms with E-state index in [9.17, 15) is 9.59 Å². The zero-order valence-electron chi connectivity index (χ0n) is 13.2. The van der Waals surface area contributed by atoms with Crippen LogP contribution in [0.2, 0.25) is 0 Å². The standard InChI is InChI=1S/C14H28N4O2.ClH/c1-3-18(4-2)14(20)6-5-13(19)16-9-12-17-10-7-15-8-11-17;/h15H,3-12H2,1-2H3,(H,16,19);1H. The van der Waals surface area contributed by atoms with Crippen molar-refractivity contribution in [2.75, 3.05) is 52.4 Å². The molecule has 0 bridgehead atoms. The SMILES string of the molecule is CCN(CC)C(=O)CCC(=O)NCCN1CCNCC1.Cl. The van der Waals surface area contributed by atoms with Crippen molar-refractivity contribution in [2.24, 2.45) is 0 Å². The van der Waals surface area contributed by atoms with Crippen LogP contribution in [-0.2, 0) is 9.59 Å². The summed E-state index contributed by atoms with van der Waals surface area (Å²) in [6, 6.07) is 0. The molecule has 1 aliphatic heterocycles. The van der Waals surface area contributed by atoms with Gasteiger partial charge in [0, 0.05) is 65.2 Å². The molecule has 0 unspecified atom stereocenters. The maximum Gasteiger partial charge on any atom is 0.223 e. The van der Waals surface area contributed by atoms with E-state index < -0.39 is 0 Å². The van der Waals surface area contributed by atoms with Crippen molar-refractivity contribution >= 4 is 24.2 Å². The highest BCUT2D eigenvalue weighted by Gasteiger charge is 2.12. The van der Waals surface area contributed by atoms with Crippen LogP contribution in [-0.4, -0.2) is 74.0 Å². The van der Waals surface area contributed by atoms with Crippen LogP contribution in [0, 0.1) is 0 Å². The Bertz CT molecular complexity index is 305. The van der Waals surface area contributed by atoms with Crippen LogP contribution in [0.4, 0.5) is 0 Å². The van der Waals surface area contributed by atoms with Crippen LogP contribution in [0.5, 0.6) is 0 Å². The fourth-order valence-corrected chi connectivity index (χ4v) is 2.33. The number of hydrogen-bond donors (Lipinski definition) is 2. The minimum absolute atomic E-state index is 0. The van der Waals surface area contributed by atoms with Gasteiger partial charge in [0.25, 0.3) is 0 Å². The number of piperazine rings is 1. The Morgan fingerprint density at radius 2 is 1.76 bits per heavy atom. The van der Waals surface area contributed by atoms with Crippen LogP contribution >= 0.6 is 12.4 Å². The third-order valence-corrected chi connectivity index (χ3v) is 3.64. The molecule has 1 rings (SSSR count). The summed E-state index contributed by atoms with van der Waals surface area (Å²) in [4.78, 5) is 27.5. The number of halogens is 1. The van der Waals surface area contributed by atoms with E-state index >= 15 is 0 Å². The lowest BCUT2D eigenvalue weighted by Gasteiger charge is -2.27. The summed E-state index contributed by atoms with van der Waals surface area (Å²) >= 11 is 0. The first-order valence-electron chi connectivity index (χ1n) is 7.64. The average molecular weight is 321 g/mol. The molecule has 0 spiro atoms. The second-order valence-electron chi connectivity index (χ2n) is 5.01. The van der Waals surface area contributed by atoms with Crippen molar-refractivity contribution in [1.29, 1.82) is 0 Å². The largest absolute Gasteiger partial charge is 0.355 e. The maximum atomic E-state index is 11.8. The summed E-state index contributed by atoms with van der Waals surface area (Å²) in [5, 5.41) is 6.19. The molecule has 1 saturated heterocycles. The van der Waals surface area contributed by atoms with E-state index in [1.54, 1.807) is 4.90 Å². The molecule has 7 heteroatoms. The quantitative estimate of drug-likeness (QED) is 0.665. The molecule has 1 heterocycles. The van der Waals surface area contributed by atoms with E-state index in [1.807, 2.05) is 13.8 Å².